The van der Waals surface area contributed by atoms with Crippen LogP contribution in [0.25, 0.3) is 10.9 Å². The lowest BCUT2D eigenvalue weighted by Gasteiger charge is -1.87. The zero-order valence-corrected chi connectivity index (χ0v) is 6.68. The monoisotopic (exact) mass is 146 g/mol. The number of aromatic amines is 1. The maximum absolute atomic E-state index is 4.07. The van der Waals surface area contributed by atoms with Crippen molar-refractivity contribution in [3.05, 3.63) is 29.7 Å². The second kappa shape index (κ2) is 2.09. The average molecular weight is 146 g/mol. The number of hydrogen-bond donors (Lipinski definition) is 1. The summed E-state index contributed by atoms with van der Waals surface area (Å²) in [7, 11) is 0. The fourth-order valence-corrected chi connectivity index (χ4v) is 1.30. The molecule has 11 heavy (non-hydrogen) atoms. The van der Waals surface area contributed by atoms with E-state index in [1.807, 2.05) is 12.3 Å². The Kier molecular flexibility index (Phi) is 1.22. The van der Waals surface area contributed by atoms with Crippen molar-refractivity contribution in [3.8, 4) is 0 Å². The van der Waals surface area contributed by atoms with E-state index in [1.54, 1.807) is 6.20 Å². The van der Waals surface area contributed by atoms with Crippen LogP contribution in [0.3, 0.4) is 0 Å². The standard InChI is InChI=1S/C9H10N2/c1-6-7(2)11-9-3-4-10-5-8(6)9/h3-5,11H,1-2H3. The van der Waals surface area contributed by atoms with Crippen LogP contribution in [0.4, 0.5) is 0 Å². The Morgan fingerprint density at radius 2 is 2.18 bits per heavy atom. The van der Waals surface area contributed by atoms with Gasteiger partial charge in [0.25, 0.3) is 0 Å². The molecule has 0 unspecified atom stereocenters. The molecule has 0 saturated carbocycles. The highest BCUT2D eigenvalue weighted by Crippen LogP contribution is 2.18. The van der Waals surface area contributed by atoms with Crippen LogP contribution in [0, 0.1) is 13.8 Å². The molecule has 0 bridgehead atoms. The highest BCUT2D eigenvalue weighted by molar-refractivity contribution is 5.83. The van der Waals surface area contributed by atoms with Gasteiger partial charge in [-0.25, -0.2) is 0 Å². The Balaban J connectivity index is 2.92. The third kappa shape index (κ3) is 0.827. The average Bonchev–Trinajstić information content (AvgIpc) is 2.30. The zero-order chi connectivity index (χ0) is 7.84. The summed E-state index contributed by atoms with van der Waals surface area (Å²) in [6, 6.07) is 2.00. The molecule has 2 nitrogen and oxygen atoms in total. The van der Waals surface area contributed by atoms with Gasteiger partial charge in [0.15, 0.2) is 0 Å². The molecule has 0 radical (unpaired) electrons. The van der Waals surface area contributed by atoms with Crippen LogP contribution in [0.15, 0.2) is 18.5 Å². The second-order valence-electron chi connectivity index (χ2n) is 2.80. The maximum Gasteiger partial charge on any atom is 0.0489 e. The third-order valence-electron chi connectivity index (χ3n) is 2.11. The maximum atomic E-state index is 4.07. The van der Waals surface area contributed by atoms with Crippen LogP contribution in [-0.4, -0.2) is 9.97 Å². The summed E-state index contributed by atoms with van der Waals surface area (Å²) < 4.78 is 0. The molecule has 0 aliphatic carbocycles. The van der Waals surface area contributed by atoms with Gasteiger partial charge >= 0.3 is 0 Å². The van der Waals surface area contributed by atoms with E-state index in [0.29, 0.717) is 0 Å². The molecule has 0 aliphatic rings. The van der Waals surface area contributed by atoms with Crippen molar-refractivity contribution in [3.63, 3.8) is 0 Å². The van der Waals surface area contributed by atoms with Crippen LogP contribution >= 0.6 is 0 Å². The van der Waals surface area contributed by atoms with Crippen LogP contribution in [-0.2, 0) is 0 Å². The van der Waals surface area contributed by atoms with Crippen molar-refractivity contribution in [2.24, 2.45) is 0 Å². The molecule has 0 fully saturated rings. The van der Waals surface area contributed by atoms with Crippen LogP contribution in [0.1, 0.15) is 11.3 Å². The number of aromatic nitrogens is 2. The van der Waals surface area contributed by atoms with Gasteiger partial charge in [-0.2, -0.15) is 0 Å². The molecule has 56 valence electrons. The Labute approximate surface area is 65.3 Å². The van der Waals surface area contributed by atoms with E-state index in [1.165, 1.54) is 22.2 Å². The summed E-state index contributed by atoms with van der Waals surface area (Å²) in [4.78, 5) is 7.35. The largest absolute Gasteiger partial charge is 0.358 e. The molecular weight excluding hydrogens is 136 g/mol. The van der Waals surface area contributed by atoms with Gasteiger partial charge in [0, 0.05) is 29.0 Å². The van der Waals surface area contributed by atoms with Crippen molar-refractivity contribution < 1.29 is 0 Å². The predicted octanol–water partition coefficient (Wildman–Crippen LogP) is 2.18. The van der Waals surface area contributed by atoms with Crippen molar-refractivity contribution >= 4 is 10.9 Å². The number of fused-ring (bicyclic) bond motifs is 1. The Hall–Kier alpha value is -1.31. The fraction of sp³-hybridized carbons (Fsp3) is 0.222. The van der Waals surface area contributed by atoms with E-state index in [2.05, 4.69) is 23.8 Å². The molecule has 0 aliphatic heterocycles. The molecule has 0 spiro atoms. The van der Waals surface area contributed by atoms with Gasteiger partial charge in [0.05, 0.1) is 0 Å². The summed E-state index contributed by atoms with van der Waals surface area (Å²) in [5.74, 6) is 0. The lowest BCUT2D eigenvalue weighted by atomic mass is 10.2. The van der Waals surface area contributed by atoms with Gasteiger partial charge in [-0.3, -0.25) is 4.98 Å². The molecule has 2 aromatic rings. The minimum absolute atomic E-state index is 1.18. The molecule has 2 rings (SSSR count). The highest BCUT2D eigenvalue weighted by Gasteiger charge is 2.01. The van der Waals surface area contributed by atoms with E-state index in [9.17, 15) is 0 Å². The summed E-state index contributed by atoms with van der Waals surface area (Å²) in [6.07, 6.45) is 3.70. The van der Waals surface area contributed by atoms with E-state index in [4.69, 9.17) is 0 Å². The predicted molar refractivity (Wildman–Crippen MR) is 45.6 cm³/mol. The zero-order valence-electron chi connectivity index (χ0n) is 6.68. The van der Waals surface area contributed by atoms with Gasteiger partial charge in [0.1, 0.15) is 0 Å². The molecule has 0 amide bonds. The molecule has 0 aromatic carbocycles. The Morgan fingerprint density at radius 1 is 1.36 bits per heavy atom. The molecule has 0 atom stereocenters. The summed E-state index contributed by atoms with van der Waals surface area (Å²) in [6.45, 7) is 4.19. The first kappa shape index (κ1) is 6.40. The topological polar surface area (TPSA) is 28.7 Å². The number of hydrogen-bond acceptors (Lipinski definition) is 1. The van der Waals surface area contributed by atoms with Crippen LogP contribution < -0.4 is 0 Å². The van der Waals surface area contributed by atoms with Gasteiger partial charge in [-0.15, -0.1) is 0 Å². The molecule has 2 heterocycles. The molecule has 2 aromatic heterocycles. The van der Waals surface area contributed by atoms with Gasteiger partial charge in [-0.05, 0) is 25.5 Å². The van der Waals surface area contributed by atoms with Crippen LogP contribution in [0.2, 0.25) is 0 Å². The van der Waals surface area contributed by atoms with Gasteiger partial charge < -0.3 is 4.98 Å². The van der Waals surface area contributed by atoms with E-state index in [-0.39, 0.29) is 0 Å². The normalized spacial score (nSPS) is 10.7. The number of rotatable bonds is 0. The van der Waals surface area contributed by atoms with Crippen molar-refractivity contribution in [2.45, 2.75) is 13.8 Å². The Morgan fingerprint density at radius 3 is 2.91 bits per heavy atom. The molecule has 1 N–H and O–H groups in total. The fourth-order valence-electron chi connectivity index (χ4n) is 1.30. The summed E-state index contributed by atoms with van der Waals surface area (Å²) >= 11 is 0. The number of nitrogens with zero attached hydrogens (tertiary/aromatic N) is 1. The van der Waals surface area contributed by atoms with Crippen molar-refractivity contribution in [1.29, 1.82) is 0 Å². The molecule has 0 saturated heterocycles. The van der Waals surface area contributed by atoms with Crippen molar-refractivity contribution in [1.82, 2.24) is 9.97 Å². The van der Waals surface area contributed by atoms with Crippen LogP contribution in [0.5, 0.6) is 0 Å². The summed E-state index contributed by atoms with van der Waals surface area (Å²) in [5, 5.41) is 1.23. The quantitative estimate of drug-likeness (QED) is 0.606. The SMILES string of the molecule is Cc1[nH]c2ccncc2c1C. The number of nitrogens with one attached hydrogen (secondary N) is 1. The first-order valence-corrected chi connectivity index (χ1v) is 3.68. The minimum atomic E-state index is 1.18. The summed E-state index contributed by atoms with van der Waals surface area (Å²) in [5.41, 5.74) is 3.70. The van der Waals surface area contributed by atoms with E-state index >= 15 is 0 Å². The van der Waals surface area contributed by atoms with E-state index in [0.717, 1.165) is 0 Å². The number of aryl methyl sites for hydroxylation is 2. The van der Waals surface area contributed by atoms with Gasteiger partial charge in [-0.1, -0.05) is 0 Å². The Bertz CT molecular complexity index is 387. The highest BCUT2D eigenvalue weighted by atomic mass is 14.7. The second-order valence-corrected chi connectivity index (χ2v) is 2.80. The molecule has 2 heteroatoms. The number of pyridine rings is 1. The number of H-pyrrole nitrogens is 1. The smallest absolute Gasteiger partial charge is 0.0489 e. The first-order valence-electron chi connectivity index (χ1n) is 3.68. The lowest BCUT2D eigenvalue weighted by molar-refractivity contribution is 1.25. The van der Waals surface area contributed by atoms with E-state index < -0.39 is 0 Å². The lowest BCUT2D eigenvalue weighted by Crippen LogP contribution is -1.71. The minimum Gasteiger partial charge on any atom is -0.358 e. The van der Waals surface area contributed by atoms with Crippen molar-refractivity contribution in [2.75, 3.05) is 0 Å². The molecular formula is C9H10N2. The third-order valence-corrected chi connectivity index (χ3v) is 2.11. The van der Waals surface area contributed by atoms with Gasteiger partial charge in [0.2, 0.25) is 0 Å². The first-order chi connectivity index (χ1) is 5.29.